The first-order valence-corrected chi connectivity index (χ1v) is 8.30. The molecular weight excluding hydrogens is 354 g/mol. The summed E-state index contributed by atoms with van der Waals surface area (Å²) >= 11 is 11.8. The van der Waals surface area contributed by atoms with E-state index < -0.39 is 6.04 Å². The van der Waals surface area contributed by atoms with Gasteiger partial charge in [0, 0.05) is 6.61 Å². The van der Waals surface area contributed by atoms with Crippen LogP contribution in [0.1, 0.15) is 34.8 Å². The van der Waals surface area contributed by atoms with E-state index in [1.54, 1.807) is 12.1 Å². The van der Waals surface area contributed by atoms with E-state index in [0.29, 0.717) is 6.61 Å². The molecule has 1 saturated heterocycles. The van der Waals surface area contributed by atoms with Crippen LogP contribution in [0.5, 0.6) is 0 Å². The smallest absolute Gasteiger partial charge is 0.254 e. The molecule has 0 spiro atoms. The molecule has 1 aromatic heterocycles. The summed E-state index contributed by atoms with van der Waals surface area (Å²) in [5.74, 6) is -0.713. The van der Waals surface area contributed by atoms with Crippen molar-refractivity contribution in [2.45, 2.75) is 25.0 Å². The molecule has 1 fully saturated rings. The summed E-state index contributed by atoms with van der Waals surface area (Å²) < 4.78 is 18.9. The Labute approximate surface area is 148 Å². The first-order chi connectivity index (χ1) is 11.5. The SMILES string of the molecule is O=C(NC(c1ccc(F)cc1)C1CCCO1)c1ccc(Cl)nc1Cl. The zero-order chi connectivity index (χ0) is 17.1. The molecule has 2 unspecified atom stereocenters. The van der Waals surface area contributed by atoms with Gasteiger partial charge in [-0.2, -0.15) is 0 Å². The second-order valence-electron chi connectivity index (χ2n) is 5.53. The van der Waals surface area contributed by atoms with Gasteiger partial charge in [-0.1, -0.05) is 35.3 Å². The number of ether oxygens (including phenoxy) is 1. The number of halogens is 3. The fourth-order valence-corrected chi connectivity index (χ4v) is 3.16. The normalized spacial score (nSPS) is 18.4. The maximum Gasteiger partial charge on any atom is 0.254 e. The Morgan fingerprint density at radius 1 is 1.25 bits per heavy atom. The van der Waals surface area contributed by atoms with Crippen LogP contribution in [-0.2, 0) is 4.74 Å². The quantitative estimate of drug-likeness (QED) is 0.823. The maximum atomic E-state index is 13.2. The van der Waals surface area contributed by atoms with Gasteiger partial charge in [-0.25, -0.2) is 9.37 Å². The molecule has 0 radical (unpaired) electrons. The highest BCUT2D eigenvalue weighted by molar-refractivity contribution is 6.34. The third-order valence-corrected chi connectivity index (χ3v) is 4.41. The second-order valence-corrected chi connectivity index (χ2v) is 6.27. The summed E-state index contributed by atoms with van der Waals surface area (Å²) in [5.41, 5.74) is 1.00. The predicted octanol–water partition coefficient (Wildman–Crippen LogP) is 4.18. The molecule has 1 N–H and O–H groups in total. The van der Waals surface area contributed by atoms with E-state index >= 15 is 0 Å². The molecule has 2 atom stereocenters. The lowest BCUT2D eigenvalue weighted by Crippen LogP contribution is -2.36. The van der Waals surface area contributed by atoms with Gasteiger partial charge in [-0.05, 0) is 42.7 Å². The molecule has 2 aromatic rings. The summed E-state index contributed by atoms with van der Waals surface area (Å²) in [6, 6.07) is 8.63. The topological polar surface area (TPSA) is 51.2 Å². The molecular formula is C17H15Cl2FN2O2. The van der Waals surface area contributed by atoms with Crippen LogP contribution >= 0.6 is 23.2 Å². The minimum atomic E-state index is -0.396. The van der Waals surface area contributed by atoms with Gasteiger partial charge in [0.15, 0.2) is 0 Å². The Hall–Kier alpha value is -1.69. The molecule has 2 heterocycles. The van der Waals surface area contributed by atoms with Crippen molar-refractivity contribution in [3.05, 3.63) is 63.6 Å². The predicted molar refractivity (Wildman–Crippen MR) is 89.8 cm³/mol. The van der Waals surface area contributed by atoms with Crippen molar-refractivity contribution in [3.63, 3.8) is 0 Å². The van der Waals surface area contributed by atoms with Crippen LogP contribution in [-0.4, -0.2) is 23.6 Å². The highest BCUT2D eigenvalue weighted by Gasteiger charge is 2.29. The number of carbonyl (C=O) groups is 1. The molecule has 4 nitrogen and oxygen atoms in total. The molecule has 24 heavy (non-hydrogen) atoms. The van der Waals surface area contributed by atoms with E-state index in [0.717, 1.165) is 18.4 Å². The number of amides is 1. The van der Waals surface area contributed by atoms with Crippen molar-refractivity contribution in [1.29, 1.82) is 0 Å². The van der Waals surface area contributed by atoms with Crippen LogP contribution in [0.2, 0.25) is 10.3 Å². The van der Waals surface area contributed by atoms with Gasteiger partial charge in [0.25, 0.3) is 5.91 Å². The van der Waals surface area contributed by atoms with Crippen molar-refractivity contribution in [2.75, 3.05) is 6.61 Å². The van der Waals surface area contributed by atoms with Crippen LogP contribution in [0.4, 0.5) is 4.39 Å². The molecule has 3 rings (SSSR count). The number of benzene rings is 1. The lowest BCUT2D eigenvalue weighted by molar-refractivity contribution is 0.0672. The monoisotopic (exact) mass is 368 g/mol. The number of nitrogens with one attached hydrogen (secondary N) is 1. The number of hydrogen-bond acceptors (Lipinski definition) is 3. The molecule has 7 heteroatoms. The third kappa shape index (κ3) is 3.86. The molecule has 1 aliphatic heterocycles. The molecule has 1 aliphatic rings. The van der Waals surface area contributed by atoms with E-state index in [2.05, 4.69) is 10.3 Å². The van der Waals surface area contributed by atoms with Crippen LogP contribution in [0.25, 0.3) is 0 Å². The van der Waals surface area contributed by atoms with Gasteiger partial charge in [-0.3, -0.25) is 4.79 Å². The number of pyridine rings is 1. The van der Waals surface area contributed by atoms with Gasteiger partial charge in [-0.15, -0.1) is 0 Å². The van der Waals surface area contributed by atoms with Crippen molar-refractivity contribution < 1.29 is 13.9 Å². The molecule has 126 valence electrons. The lowest BCUT2D eigenvalue weighted by atomic mass is 9.99. The van der Waals surface area contributed by atoms with Gasteiger partial charge in [0.05, 0.1) is 17.7 Å². The minimum Gasteiger partial charge on any atom is -0.376 e. The number of aromatic nitrogens is 1. The summed E-state index contributed by atoms with van der Waals surface area (Å²) in [6.45, 7) is 0.640. The highest BCUT2D eigenvalue weighted by atomic mass is 35.5. The van der Waals surface area contributed by atoms with E-state index in [-0.39, 0.29) is 33.7 Å². The number of rotatable bonds is 4. The van der Waals surface area contributed by atoms with Gasteiger partial charge in [0.1, 0.15) is 16.1 Å². The van der Waals surface area contributed by atoms with E-state index in [4.69, 9.17) is 27.9 Å². The van der Waals surface area contributed by atoms with Crippen LogP contribution < -0.4 is 5.32 Å². The zero-order valence-electron chi connectivity index (χ0n) is 12.6. The van der Waals surface area contributed by atoms with E-state index in [9.17, 15) is 9.18 Å². The second kappa shape index (κ2) is 7.47. The highest BCUT2D eigenvalue weighted by Crippen LogP contribution is 2.28. The van der Waals surface area contributed by atoms with E-state index in [1.807, 2.05) is 0 Å². The number of nitrogens with zero attached hydrogens (tertiary/aromatic N) is 1. The van der Waals surface area contributed by atoms with Crippen LogP contribution in [0.15, 0.2) is 36.4 Å². The summed E-state index contributed by atoms with van der Waals surface area (Å²) in [7, 11) is 0. The Morgan fingerprint density at radius 2 is 2.00 bits per heavy atom. The largest absolute Gasteiger partial charge is 0.376 e. The van der Waals surface area contributed by atoms with Crippen molar-refractivity contribution in [2.24, 2.45) is 0 Å². The fraction of sp³-hybridized carbons (Fsp3) is 0.294. The van der Waals surface area contributed by atoms with Crippen molar-refractivity contribution in [1.82, 2.24) is 10.3 Å². The average molecular weight is 369 g/mol. The Bertz CT molecular complexity index is 734. The summed E-state index contributed by atoms with van der Waals surface area (Å²) in [6.07, 6.45) is 1.56. The van der Waals surface area contributed by atoms with Crippen molar-refractivity contribution in [3.8, 4) is 0 Å². The first kappa shape index (κ1) is 17.1. The molecule has 1 amide bonds. The van der Waals surface area contributed by atoms with Gasteiger partial charge < -0.3 is 10.1 Å². The Balaban J connectivity index is 1.85. The average Bonchev–Trinajstić information content (AvgIpc) is 3.07. The summed E-state index contributed by atoms with van der Waals surface area (Å²) in [4.78, 5) is 16.4. The van der Waals surface area contributed by atoms with E-state index in [1.165, 1.54) is 24.3 Å². The summed E-state index contributed by atoms with van der Waals surface area (Å²) in [5, 5.41) is 3.16. The molecule has 1 aromatic carbocycles. The molecule has 0 bridgehead atoms. The van der Waals surface area contributed by atoms with Gasteiger partial charge in [0.2, 0.25) is 0 Å². The minimum absolute atomic E-state index is 0.0326. The lowest BCUT2D eigenvalue weighted by Gasteiger charge is -2.25. The number of hydrogen-bond donors (Lipinski definition) is 1. The maximum absolute atomic E-state index is 13.2. The van der Waals surface area contributed by atoms with Crippen LogP contribution in [0.3, 0.4) is 0 Å². The Kier molecular flexibility index (Phi) is 5.33. The third-order valence-electron chi connectivity index (χ3n) is 3.91. The van der Waals surface area contributed by atoms with Crippen LogP contribution in [0, 0.1) is 5.82 Å². The molecule has 0 saturated carbocycles. The standard InChI is InChI=1S/C17H15Cl2FN2O2/c18-14-8-7-12(16(19)21-14)17(23)22-15(13-2-1-9-24-13)10-3-5-11(20)6-4-10/h3-8,13,15H,1-2,9H2,(H,22,23). The van der Waals surface area contributed by atoms with Gasteiger partial charge >= 0.3 is 0 Å². The fourth-order valence-electron chi connectivity index (χ4n) is 2.73. The van der Waals surface area contributed by atoms with Crippen molar-refractivity contribution >= 4 is 29.1 Å². The molecule has 0 aliphatic carbocycles. The zero-order valence-corrected chi connectivity index (χ0v) is 14.1. The Morgan fingerprint density at radius 3 is 2.62 bits per heavy atom. The first-order valence-electron chi connectivity index (χ1n) is 7.54. The number of carbonyl (C=O) groups excluding carboxylic acids is 1.